The number of anilines is 1. The molecular weight excluding hydrogens is 441 g/mol. The first-order valence-corrected chi connectivity index (χ1v) is 11.4. The number of hydrogen-bond acceptors (Lipinski definition) is 5. The molecular formula is C25H22FN3O3S. The summed E-state index contributed by atoms with van der Waals surface area (Å²) in [5, 5.41) is 3.75. The second-order valence-corrected chi connectivity index (χ2v) is 8.14. The summed E-state index contributed by atoms with van der Waals surface area (Å²) < 4.78 is 20.4. The summed E-state index contributed by atoms with van der Waals surface area (Å²) in [6.07, 6.45) is 0. The van der Waals surface area contributed by atoms with Gasteiger partial charge in [0.05, 0.1) is 35.5 Å². The summed E-state index contributed by atoms with van der Waals surface area (Å²) in [6, 6.07) is 20.2. The summed E-state index contributed by atoms with van der Waals surface area (Å²) in [5.41, 5.74) is 1.68. The molecule has 8 heteroatoms. The van der Waals surface area contributed by atoms with E-state index < -0.39 is 0 Å². The fourth-order valence-electron chi connectivity index (χ4n) is 3.34. The highest BCUT2D eigenvalue weighted by atomic mass is 32.2. The molecule has 1 heterocycles. The number of aromatic nitrogens is 2. The van der Waals surface area contributed by atoms with Crippen LogP contribution in [0.25, 0.3) is 10.9 Å². The number of nitrogens with one attached hydrogen (secondary N) is 1. The highest BCUT2D eigenvalue weighted by molar-refractivity contribution is 7.99. The molecule has 0 fully saturated rings. The molecule has 33 heavy (non-hydrogen) atoms. The Hall–Kier alpha value is -3.65. The number of nitrogens with zero attached hydrogens (tertiary/aromatic N) is 2. The fraction of sp³-hybridized carbons (Fsp3) is 0.160. The van der Waals surface area contributed by atoms with E-state index in [4.69, 9.17) is 4.74 Å². The highest BCUT2D eigenvalue weighted by Crippen LogP contribution is 2.25. The van der Waals surface area contributed by atoms with Gasteiger partial charge in [0, 0.05) is 0 Å². The van der Waals surface area contributed by atoms with E-state index >= 15 is 0 Å². The standard InChI is InChI=1S/C25H22FN3O3S/c1-2-32-22-10-6-5-9-21(22)27-23(30)16-33-25-28-20-8-4-3-7-19(20)24(31)29(25)15-17-11-13-18(26)14-12-17/h3-14H,2,15-16H2,1H3,(H,27,30). The van der Waals surface area contributed by atoms with Crippen LogP contribution in [0.15, 0.2) is 82.7 Å². The fourth-order valence-corrected chi connectivity index (χ4v) is 4.14. The molecule has 0 saturated heterocycles. The molecule has 0 atom stereocenters. The van der Waals surface area contributed by atoms with Crippen LogP contribution in [0.2, 0.25) is 0 Å². The van der Waals surface area contributed by atoms with E-state index in [1.807, 2.05) is 25.1 Å². The molecule has 4 rings (SSSR count). The zero-order valence-corrected chi connectivity index (χ0v) is 18.8. The van der Waals surface area contributed by atoms with Crippen molar-refractivity contribution in [2.24, 2.45) is 0 Å². The smallest absolute Gasteiger partial charge is 0.262 e. The molecule has 4 aromatic rings. The molecule has 6 nitrogen and oxygen atoms in total. The molecule has 0 radical (unpaired) electrons. The van der Waals surface area contributed by atoms with Crippen molar-refractivity contribution >= 4 is 34.3 Å². The second-order valence-electron chi connectivity index (χ2n) is 7.20. The number of ether oxygens (including phenoxy) is 1. The van der Waals surface area contributed by atoms with Gasteiger partial charge in [-0.25, -0.2) is 9.37 Å². The largest absolute Gasteiger partial charge is 0.492 e. The molecule has 0 aliphatic carbocycles. The summed E-state index contributed by atoms with van der Waals surface area (Å²) in [6.45, 7) is 2.58. The minimum Gasteiger partial charge on any atom is -0.492 e. The average molecular weight is 464 g/mol. The zero-order chi connectivity index (χ0) is 23.2. The van der Waals surface area contributed by atoms with E-state index in [-0.39, 0.29) is 29.6 Å². The maximum atomic E-state index is 13.3. The van der Waals surface area contributed by atoms with Crippen molar-refractivity contribution in [3.63, 3.8) is 0 Å². The van der Waals surface area contributed by atoms with Gasteiger partial charge in [-0.2, -0.15) is 0 Å². The maximum absolute atomic E-state index is 13.3. The lowest BCUT2D eigenvalue weighted by atomic mass is 10.2. The lowest BCUT2D eigenvalue weighted by Crippen LogP contribution is -2.25. The van der Waals surface area contributed by atoms with Crippen molar-refractivity contribution in [3.05, 3.63) is 94.5 Å². The van der Waals surface area contributed by atoms with Crippen molar-refractivity contribution in [2.45, 2.75) is 18.6 Å². The number of amides is 1. The van der Waals surface area contributed by atoms with Crippen LogP contribution < -0.4 is 15.6 Å². The molecule has 0 unspecified atom stereocenters. The Morgan fingerprint density at radius 2 is 1.79 bits per heavy atom. The molecule has 1 N–H and O–H groups in total. The lowest BCUT2D eigenvalue weighted by molar-refractivity contribution is -0.113. The minimum atomic E-state index is -0.346. The first kappa shape index (κ1) is 22.5. The van der Waals surface area contributed by atoms with E-state index in [1.165, 1.54) is 28.5 Å². The van der Waals surface area contributed by atoms with Gasteiger partial charge in [0.15, 0.2) is 5.16 Å². The number of hydrogen-bond donors (Lipinski definition) is 1. The normalized spacial score (nSPS) is 10.8. The third-order valence-corrected chi connectivity index (χ3v) is 5.85. The SMILES string of the molecule is CCOc1ccccc1NC(=O)CSc1nc2ccccc2c(=O)n1Cc1ccc(F)cc1. The third kappa shape index (κ3) is 5.40. The molecule has 0 saturated carbocycles. The number of carbonyl (C=O) groups excluding carboxylic acids is 1. The summed E-state index contributed by atoms with van der Waals surface area (Å²) in [7, 11) is 0. The van der Waals surface area contributed by atoms with Crippen LogP contribution in [0.3, 0.4) is 0 Å². The monoisotopic (exact) mass is 463 g/mol. The Labute approximate surface area is 194 Å². The summed E-state index contributed by atoms with van der Waals surface area (Å²) in [4.78, 5) is 30.5. The van der Waals surface area contributed by atoms with Crippen LogP contribution in [-0.4, -0.2) is 27.8 Å². The van der Waals surface area contributed by atoms with E-state index in [1.54, 1.807) is 42.5 Å². The van der Waals surface area contributed by atoms with Crippen LogP contribution in [0, 0.1) is 5.82 Å². The number of carbonyl (C=O) groups is 1. The predicted octanol–water partition coefficient (Wildman–Crippen LogP) is 4.71. The first-order valence-electron chi connectivity index (χ1n) is 10.4. The van der Waals surface area contributed by atoms with Gasteiger partial charge in [-0.15, -0.1) is 0 Å². The van der Waals surface area contributed by atoms with E-state index in [0.29, 0.717) is 34.1 Å². The van der Waals surface area contributed by atoms with Crippen LogP contribution in [0.4, 0.5) is 10.1 Å². The minimum absolute atomic E-state index is 0.0503. The number of halogens is 1. The first-order chi connectivity index (χ1) is 16.0. The summed E-state index contributed by atoms with van der Waals surface area (Å²) >= 11 is 1.17. The van der Waals surface area contributed by atoms with Gasteiger partial charge in [0.25, 0.3) is 5.56 Å². The van der Waals surface area contributed by atoms with E-state index in [2.05, 4.69) is 10.3 Å². The van der Waals surface area contributed by atoms with Crippen LogP contribution in [0.1, 0.15) is 12.5 Å². The quantitative estimate of drug-likeness (QED) is 0.303. The summed E-state index contributed by atoms with van der Waals surface area (Å²) in [5.74, 6) is 0.0499. The molecule has 3 aromatic carbocycles. The predicted molar refractivity (Wildman–Crippen MR) is 128 cm³/mol. The van der Waals surface area contributed by atoms with Gasteiger partial charge in [0.1, 0.15) is 11.6 Å². The van der Waals surface area contributed by atoms with Gasteiger partial charge in [-0.1, -0.05) is 48.2 Å². The second kappa shape index (κ2) is 10.3. The van der Waals surface area contributed by atoms with E-state index in [0.717, 1.165) is 5.56 Å². The van der Waals surface area contributed by atoms with Crippen LogP contribution in [0.5, 0.6) is 5.75 Å². The Morgan fingerprint density at radius 3 is 2.58 bits per heavy atom. The molecule has 1 amide bonds. The highest BCUT2D eigenvalue weighted by Gasteiger charge is 2.15. The lowest BCUT2D eigenvalue weighted by Gasteiger charge is -2.14. The Morgan fingerprint density at radius 1 is 1.06 bits per heavy atom. The molecule has 0 aliphatic heterocycles. The Bertz CT molecular complexity index is 1340. The van der Waals surface area contributed by atoms with E-state index in [9.17, 15) is 14.0 Å². The van der Waals surface area contributed by atoms with Crippen molar-refractivity contribution < 1.29 is 13.9 Å². The average Bonchev–Trinajstić information content (AvgIpc) is 2.82. The third-order valence-electron chi connectivity index (χ3n) is 4.87. The van der Waals surface area contributed by atoms with Gasteiger partial charge in [-0.3, -0.25) is 14.2 Å². The number of benzene rings is 3. The number of rotatable bonds is 8. The van der Waals surface area contributed by atoms with Crippen molar-refractivity contribution in [2.75, 3.05) is 17.7 Å². The molecule has 0 aliphatic rings. The molecule has 1 aromatic heterocycles. The number of para-hydroxylation sites is 3. The topological polar surface area (TPSA) is 73.2 Å². The maximum Gasteiger partial charge on any atom is 0.262 e. The van der Waals surface area contributed by atoms with Gasteiger partial charge in [-0.05, 0) is 48.9 Å². The number of thioether (sulfide) groups is 1. The van der Waals surface area contributed by atoms with Crippen molar-refractivity contribution in [1.29, 1.82) is 0 Å². The van der Waals surface area contributed by atoms with Gasteiger partial charge < -0.3 is 10.1 Å². The van der Waals surface area contributed by atoms with Crippen LogP contribution in [-0.2, 0) is 11.3 Å². The Kier molecular flexibility index (Phi) is 7.04. The number of fused-ring (bicyclic) bond motifs is 1. The molecule has 168 valence electrons. The molecule has 0 bridgehead atoms. The van der Waals surface area contributed by atoms with Crippen LogP contribution >= 0.6 is 11.8 Å². The molecule has 0 spiro atoms. The van der Waals surface area contributed by atoms with Gasteiger partial charge in [0.2, 0.25) is 5.91 Å². The van der Waals surface area contributed by atoms with Crippen molar-refractivity contribution in [3.8, 4) is 5.75 Å². The zero-order valence-electron chi connectivity index (χ0n) is 18.0. The van der Waals surface area contributed by atoms with Gasteiger partial charge >= 0.3 is 0 Å². The van der Waals surface area contributed by atoms with Crippen molar-refractivity contribution in [1.82, 2.24) is 9.55 Å². The Balaban J connectivity index is 1.59.